The molecule has 0 spiro atoms. The molecule has 1 aromatic heterocycles. The maximum absolute atomic E-state index is 12.9. The first kappa shape index (κ1) is 22.9. The van der Waals surface area contributed by atoms with Gasteiger partial charge in [0.15, 0.2) is 5.96 Å². The molecule has 2 rings (SSSR count). The fourth-order valence-corrected chi connectivity index (χ4v) is 2.57. The molecule has 0 radical (unpaired) electrons. The highest BCUT2D eigenvalue weighted by Gasteiger charge is 2.12. The van der Waals surface area contributed by atoms with Gasteiger partial charge in [0.25, 0.3) is 0 Å². The van der Waals surface area contributed by atoms with Crippen LogP contribution in [0.15, 0.2) is 35.6 Å². The van der Waals surface area contributed by atoms with Crippen LogP contribution in [-0.4, -0.2) is 34.0 Å². The van der Waals surface area contributed by atoms with E-state index in [1.807, 2.05) is 24.9 Å². The predicted molar refractivity (Wildman–Crippen MR) is 112 cm³/mol. The summed E-state index contributed by atoms with van der Waals surface area (Å²) in [5.41, 5.74) is 0.955. The third-order valence-electron chi connectivity index (χ3n) is 3.43. The monoisotopic (exact) mass is 517 g/mol. The number of imidazole rings is 1. The molecule has 0 aliphatic rings. The molecule has 0 saturated heterocycles. The summed E-state index contributed by atoms with van der Waals surface area (Å²) in [6.45, 7) is 0.526. The van der Waals surface area contributed by atoms with E-state index in [1.54, 1.807) is 12.1 Å². The van der Waals surface area contributed by atoms with E-state index >= 15 is 0 Å². The first-order valence-corrected chi connectivity index (χ1v) is 8.41. The lowest BCUT2D eigenvalue weighted by atomic mass is 10.2. The summed E-state index contributed by atoms with van der Waals surface area (Å²) >= 11 is 12.0. The molecule has 144 valence electrons. The Morgan fingerprint density at radius 1 is 1.35 bits per heavy atom. The average molecular weight is 518 g/mol. The van der Waals surface area contributed by atoms with Crippen molar-refractivity contribution in [2.45, 2.75) is 26.6 Å². The van der Waals surface area contributed by atoms with Gasteiger partial charge in [-0.15, -0.1) is 24.0 Å². The number of nitrogens with one attached hydrogen (secondary N) is 1. The number of alkyl halides is 2. The number of aromatic nitrogens is 2. The zero-order valence-electron chi connectivity index (χ0n) is 14.3. The highest BCUT2D eigenvalue weighted by molar-refractivity contribution is 14.0. The highest BCUT2D eigenvalue weighted by atomic mass is 127. The maximum Gasteiger partial charge on any atom is 0.319 e. The number of hydrogen-bond acceptors (Lipinski definition) is 2. The Hall–Kier alpha value is -1.13. The topological polar surface area (TPSA) is 45.5 Å². The van der Waals surface area contributed by atoms with Crippen molar-refractivity contribution >= 4 is 53.1 Å². The lowest BCUT2D eigenvalue weighted by Crippen LogP contribution is -2.38. The van der Waals surface area contributed by atoms with Gasteiger partial charge in [0, 0.05) is 32.5 Å². The molecule has 2 aromatic rings. The van der Waals surface area contributed by atoms with Crippen LogP contribution in [-0.2, 0) is 13.1 Å². The van der Waals surface area contributed by atoms with Crippen LogP contribution in [0.3, 0.4) is 0 Å². The number of guanidine groups is 1. The number of hydrogen-bond donors (Lipinski definition) is 1. The van der Waals surface area contributed by atoms with E-state index in [0.717, 1.165) is 10.1 Å². The van der Waals surface area contributed by atoms with Crippen molar-refractivity contribution in [1.82, 2.24) is 19.8 Å². The summed E-state index contributed by atoms with van der Waals surface area (Å²) in [6.07, 6.45) is 2.57. The Balaban J connectivity index is 0.00000338. The molecule has 0 amide bonds. The summed E-state index contributed by atoms with van der Waals surface area (Å²) in [7, 11) is 1.85. The molecular formula is C16H20Cl2F2IN5. The van der Waals surface area contributed by atoms with Gasteiger partial charge in [-0.3, -0.25) is 4.57 Å². The van der Waals surface area contributed by atoms with Gasteiger partial charge in [0.05, 0.1) is 10.0 Å². The van der Waals surface area contributed by atoms with Gasteiger partial charge in [-0.2, -0.15) is 8.78 Å². The van der Waals surface area contributed by atoms with Crippen molar-refractivity contribution in [2.24, 2.45) is 4.99 Å². The SMILES string of the molecule is CCNC(=NCc1nccn1C(F)F)N(C)Cc1ccc(Cl)c(Cl)c1.I. The zero-order chi connectivity index (χ0) is 18.4. The minimum absolute atomic E-state index is 0. The summed E-state index contributed by atoms with van der Waals surface area (Å²) in [5.74, 6) is 0.783. The van der Waals surface area contributed by atoms with Crippen molar-refractivity contribution in [3.8, 4) is 0 Å². The van der Waals surface area contributed by atoms with Crippen LogP contribution >= 0.6 is 47.2 Å². The van der Waals surface area contributed by atoms with Crippen molar-refractivity contribution in [3.63, 3.8) is 0 Å². The molecule has 0 saturated carbocycles. The van der Waals surface area contributed by atoms with Gasteiger partial charge in [-0.25, -0.2) is 9.98 Å². The number of nitrogens with zero attached hydrogens (tertiary/aromatic N) is 4. The summed E-state index contributed by atoms with van der Waals surface area (Å²) in [5, 5.41) is 4.11. The van der Waals surface area contributed by atoms with Gasteiger partial charge < -0.3 is 10.2 Å². The van der Waals surface area contributed by atoms with Gasteiger partial charge in [0.2, 0.25) is 0 Å². The molecule has 0 aliphatic carbocycles. The van der Waals surface area contributed by atoms with Crippen LogP contribution in [0.25, 0.3) is 0 Å². The molecule has 0 aliphatic heterocycles. The minimum Gasteiger partial charge on any atom is -0.357 e. The molecule has 10 heteroatoms. The molecule has 26 heavy (non-hydrogen) atoms. The Morgan fingerprint density at radius 3 is 2.69 bits per heavy atom. The maximum atomic E-state index is 12.9. The molecule has 5 nitrogen and oxygen atoms in total. The Bertz CT molecular complexity index is 739. The minimum atomic E-state index is -2.63. The van der Waals surface area contributed by atoms with Crippen molar-refractivity contribution in [3.05, 3.63) is 52.0 Å². The van der Waals surface area contributed by atoms with Crippen LogP contribution in [0.5, 0.6) is 0 Å². The van der Waals surface area contributed by atoms with E-state index in [0.29, 0.717) is 29.1 Å². The lowest BCUT2D eigenvalue weighted by molar-refractivity contribution is 0.0671. The van der Waals surface area contributed by atoms with E-state index < -0.39 is 6.55 Å². The molecule has 1 heterocycles. The molecule has 1 N–H and O–H groups in total. The van der Waals surface area contributed by atoms with Crippen molar-refractivity contribution < 1.29 is 8.78 Å². The van der Waals surface area contributed by atoms with Gasteiger partial charge in [-0.1, -0.05) is 29.3 Å². The highest BCUT2D eigenvalue weighted by Crippen LogP contribution is 2.23. The van der Waals surface area contributed by atoms with Crippen LogP contribution in [0.4, 0.5) is 8.78 Å². The van der Waals surface area contributed by atoms with Crippen LogP contribution in [0, 0.1) is 0 Å². The first-order valence-electron chi connectivity index (χ1n) is 7.65. The second kappa shape index (κ2) is 10.9. The molecule has 1 aromatic carbocycles. The first-order chi connectivity index (χ1) is 11.9. The second-order valence-corrected chi connectivity index (χ2v) is 6.12. The van der Waals surface area contributed by atoms with Crippen molar-refractivity contribution in [1.29, 1.82) is 0 Å². The van der Waals surface area contributed by atoms with Gasteiger partial charge in [-0.05, 0) is 24.6 Å². The van der Waals surface area contributed by atoms with E-state index in [1.165, 1.54) is 12.4 Å². The van der Waals surface area contributed by atoms with E-state index in [2.05, 4.69) is 15.3 Å². The van der Waals surface area contributed by atoms with E-state index in [4.69, 9.17) is 23.2 Å². The summed E-state index contributed by atoms with van der Waals surface area (Å²) < 4.78 is 26.5. The Kier molecular flexibility index (Phi) is 9.59. The summed E-state index contributed by atoms with van der Waals surface area (Å²) in [6, 6.07) is 5.39. The molecule has 0 atom stereocenters. The van der Waals surface area contributed by atoms with Crippen LogP contribution < -0.4 is 5.32 Å². The second-order valence-electron chi connectivity index (χ2n) is 5.30. The molecule has 0 fully saturated rings. The largest absolute Gasteiger partial charge is 0.357 e. The quantitative estimate of drug-likeness (QED) is 0.340. The Morgan fingerprint density at radius 2 is 2.08 bits per heavy atom. The fourth-order valence-electron chi connectivity index (χ4n) is 2.25. The smallest absolute Gasteiger partial charge is 0.319 e. The Labute approximate surface area is 178 Å². The number of halogens is 5. The number of rotatable bonds is 6. The van der Waals surface area contributed by atoms with Crippen molar-refractivity contribution in [2.75, 3.05) is 13.6 Å². The standard InChI is InChI=1S/C16H19Cl2F2N5.HI/c1-3-21-16(23-9-14-22-6-7-25(14)15(19)20)24(2)10-11-4-5-12(17)13(18)8-11;/h4-8,15H,3,9-10H2,1-2H3,(H,21,23);1H. The van der Waals surface area contributed by atoms with E-state index in [-0.39, 0.29) is 36.3 Å². The number of benzene rings is 1. The lowest BCUT2D eigenvalue weighted by Gasteiger charge is -2.22. The number of aliphatic imine (C=N–C) groups is 1. The molecule has 0 unspecified atom stereocenters. The zero-order valence-corrected chi connectivity index (χ0v) is 18.1. The average Bonchev–Trinajstić information content (AvgIpc) is 3.03. The van der Waals surface area contributed by atoms with Gasteiger partial charge >= 0.3 is 6.55 Å². The van der Waals surface area contributed by atoms with Crippen LogP contribution in [0.2, 0.25) is 10.0 Å². The summed E-state index contributed by atoms with van der Waals surface area (Å²) in [4.78, 5) is 10.2. The van der Waals surface area contributed by atoms with Crippen LogP contribution in [0.1, 0.15) is 24.9 Å². The predicted octanol–water partition coefficient (Wildman–Crippen LogP) is 4.80. The fraction of sp³-hybridized carbons (Fsp3) is 0.375. The van der Waals surface area contributed by atoms with Gasteiger partial charge in [0.1, 0.15) is 12.4 Å². The van der Waals surface area contributed by atoms with E-state index in [9.17, 15) is 8.78 Å². The molecular weight excluding hydrogens is 498 g/mol. The molecule has 0 bridgehead atoms. The normalized spacial score (nSPS) is 11.4. The third-order valence-corrected chi connectivity index (χ3v) is 4.17. The third kappa shape index (κ3) is 6.24.